The van der Waals surface area contributed by atoms with Gasteiger partial charge in [0.1, 0.15) is 0 Å². The molecule has 1 aliphatic heterocycles. The van der Waals surface area contributed by atoms with E-state index in [2.05, 4.69) is 190 Å². The van der Waals surface area contributed by atoms with E-state index in [1.165, 1.54) is 59.9 Å². The molecule has 9 aromatic rings. The first-order chi connectivity index (χ1) is 28.6. The molecule has 0 saturated carbocycles. The van der Waals surface area contributed by atoms with Gasteiger partial charge in [-0.1, -0.05) is 151 Å². The zero-order valence-corrected chi connectivity index (χ0v) is 33.0. The van der Waals surface area contributed by atoms with Crippen LogP contribution in [-0.4, -0.2) is 15.0 Å². The van der Waals surface area contributed by atoms with E-state index >= 15 is 0 Å². The number of pyridine rings is 1. The van der Waals surface area contributed by atoms with E-state index < -0.39 is 5.41 Å². The van der Waals surface area contributed by atoms with Gasteiger partial charge in [-0.2, -0.15) is 0 Å². The van der Waals surface area contributed by atoms with Crippen LogP contribution in [0.2, 0.25) is 0 Å². The van der Waals surface area contributed by atoms with E-state index in [0.717, 1.165) is 44.9 Å². The topological polar surface area (TPSA) is 38.7 Å². The predicted molar refractivity (Wildman–Crippen MR) is 238 cm³/mol. The van der Waals surface area contributed by atoms with Crippen LogP contribution < -0.4 is 0 Å². The summed E-state index contributed by atoms with van der Waals surface area (Å²) in [5.41, 5.74) is 18.8. The third-order valence-electron chi connectivity index (χ3n) is 12.0. The Hall–Kier alpha value is -6.88. The van der Waals surface area contributed by atoms with Crippen molar-refractivity contribution in [3.05, 3.63) is 222 Å². The van der Waals surface area contributed by atoms with Crippen molar-refractivity contribution in [2.24, 2.45) is 0 Å². The van der Waals surface area contributed by atoms with E-state index in [4.69, 9.17) is 15.0 Å². The molecule has 11 rings (SSSR count). The molecule has 0 bridgehead atoms. The summed E-state index contributed by atoms with van der Waals surface area (Å²) in [5.74, 6) is 0.697. The van der Waals surface area contributed by atoms with Crippen LogP contribution in [0.1, 0.15) is 33.4 Å². The molecule has 2 aromatic heterocycles. The van der Waals surface area contributed by atoms with Crippen LogP contribution in [0.4, 0.5) is 0 Å². The molecule has 0 amide bonds. The Kier molecular flexibility index (Phi) is 8.09. The van der Waals surface area contributed by atoms with E-state index in [9.17, 15) is 0 Å². The lowest BCUT2D eigenvalue weighted by molar-refractivity contribution is 0.722. The summed E-state index contributed by atoms with van der Waals surface area (Å²) in [6.45, 7) is 4.34. The van der Waals surface area contributed by atoms with Crippen molar-refractivity contribution in [1.29, 1.82) is 0 Å². The zero-order chi connectivity index (χ0) is 38.8. The standard InChI is InChI=1S/C54H37N3S/c1-34-28-29-55-52(35(34)2)40-24-26-42-43-27-25-41(32-47(43)54(46(42)31-40)44-20-9-11-22-50(44)58-51-23-12-10-21-45(51)54)53-56-48(37-16-7-4-8-17-37)33-49(57-53)39-19-13-18-38(30-39)36-14-5-3-6-15-36/h3-33H,1-2H3. The number of aryl methyl sites for hydroxylation is 1. The highest BCUT2D eigenvalue weighted by Gasteiger charge is 2.50. The van der Waals surface area contributed by atoms with Crippen LogP contribution in [0, 0.1) is 13.8 Å². The number of hydrogen-bond donors (Lipinski definition) is 0. The van der Waals surface area contributed by atoms with Gasteiger partial charge in [-0.15, -0.1) is 0 Å². The lowest BCUT2D eigenvalue weighted by Crippen LogP contribution is -2.32. The van der Waals surface area contributed by atoms with Crippen molar-refractivity contribution >= 4 is 11.8 Å². The van der Waals surface area contributed by atoms with Gasteiger partial charge in [0, 0.05) is 38.2 Å². The van der Waals surface area contributed by atoms with E-state index in [-0.39, 0.29) is 0 Å². The van der Waals surface area contributed by atoms with Crippen molar-refractivity contribution in [2.75, 3.05) is 0 Å². The largest absolute Gasteiger partial charge is 0.256 e. The highest BCUT2D eigenvalue weighted by Crippen LogP contribution is 2.63. The molecule has 0 saturated heterocycles. The second-order valence-electron chi connectivity index (χ2n) is 15.2. The molecule has 1 aliphatic carbocycles. The van der Waals surface area contributed by atoms with Gasteiger partial charge in [-0.05, 0) is 112 Å². The van der Waals surface area contributed by atoms with Gasteiger partial charge in [0.2, 0.25) is 0 Å². The number of nitrogens with zero attached hydrogens (tertiary/aromatic N) is 3. The van der Waals surface area contributed by atoms with Crippen LogP contribution in [0.3, 0.4) is 0 Å². The van der Waals surface area contributed by atoms with Crippen LogP contribution in [0.5, 0.6) is 0 Å². The molecular weight excluding hydrogens is 723 g/mol. The highest BCUT2D eigenvalue weighted by atomic mass is 32.2. The number of fused-ring (bicyclic) bond motifs is 9. The summed E-state index contributed by atoms with van der Waals surface area (Å²) in [6, 6.07) is 65.7. The quantitative estimate of drug-likeness (QED) is 0.175. The lowest BCUT2D eigenvalue weighted by Gasteiger charge is -2.39. The third kappa shape index (κ3) is 5.40. The van der Waals surface area contributed by atoms with Gasteiger partial charge in [-0.25, -0.2) is 9.97 Å². The van der Waals surface area contributed by atoms with Crippen molar-refractivity contribution in [1.82, 2.24) is 15.0 Å². The Balaban J connectivity index is 1.16. The summed E-state index contributed by atoms with van der Waals surface area (Å²) in [6.07, 6.45) is 1.93. The minimum absolute atomic E-state index is 0.573. The molecule has 58 heavy (non-hydrogen) atoms. The van der Waals surface area contributed by atoms with Gasteiger partial charge in [-0.3, -0.25) is 4.98 Å². The number of rotatable bonds is 5. The molecule has 0 radical (unpaired) electrons. The summed E-state index contributed by atoms with van der Waals surface area (Å²) < 4.78 is 0. The van der Waals surface area contributed by atoms with Gasteiger partial charge >= 0.3 is 0 Å². The highest BCUT2D eigenvalue weighted by molar-refractivity contribution is 7.99. The summed E-state index contributed by atoms with van der Waals surface area (Å²) in [7, 11) is 0. The van der Waals surface area contributed by atoms with Gasteiger partial charge in [0.05, 0.1) is 22.5 Å². The first kappa shape index (κ1) is 34.4. The van der Waals surface area contributed by atoms with Crippen LogP contribution in [0.25, 0.3) is 67.4 Å². The van der Waals surface area contributed by atoms with Crippen molar-refractivity contribution in [3.8, 4) is 67.4 Å². The first-order valence-corrected chi connectivity index (χ1v) is 20.6. The molecule has 3 nitrogen and oxygen atoms in total. The monoisotopic (exact) mass is 759 g/mol. The Morgan fingerprint density at radius 2 is 0.966 bits per heavy atom. The second kappa shape index (κ2) is 13.7. The molecule has 4 heteroatoms. The van der Waals surface area contributed by atoms with Crippen molar-refractivity contribution in [2.45, 2.75) is 29.1 Å². The maximum absolute atomic E-state index is 5.38. The summed E-state index contributed by atoms with van der Waals surface area (Å²) in [5, 5.41) is 0. The van der Waals surface area contributed by atoms with E-state index in [1.54, 1.807) is 0 Å². The third-order valence-corrected chi connectivity index (χ3v) is 13.2. The molecule has 3 heterocycles. The molecule has 7 aromatic carbocycles. The number of aromatic nitrogens is 3. The fourth-order valence-electron chi connectivity index (χ4n) is 9.08. The Morgan fingerprint density at radius 3 is 1.66 bits per heavy atom. The van der Waals surface area contributed by atoms with Gasteiger partial charge < -0.3 is 0 Å². The molecular formula is C54H37N3S. The lowest BCUT2D eigenvalue weighted by atomic mass is 9.67. The minimum Gasteiger partial charge on any atom is -0.256 e. The fraction of sp³-hybridized carbons (Fsp3) is 0.0556. The second-order valence-corrected chi connectivity index (χ2v) is 16.3. The summed E-state index contributed by atoms with van der Waals surface area (Å²) in [4.78, 5) is 18.2. The zero-order valence-electron chi connectivity index (χ0n) is 32.1. The summed E-state index contributed by atoms with van der Waals surface area (Å²) >= 11 is 1.86. The Bertz CT molecular complexity index is 3020. The average molecular weight is 760 g/mol. The van der Waals surface area contributed by atoms with Crippen molar-refractivity contribution < 1.29 is 0 Å². The molecule has 0 unspecified atom stereocenters. The van der Waals surface area contributed by atoms with Crippen LogP contribution in [0.15, 0.2) is 198 Å². The van der Waals surface area contributed by atoms with E-state index in [0.29, 0.717) is 5.82 Å². The molecule has 0 fully saturated rings. The van der Waals surface area contributed by atoms with Crippen LogP contribution >= 0.6 is 11.8 Å². The smallest absolute Gasteiger partial charge is 0.160 e. The Labute approximate surface area is 343 Å². The SMILES string of the molecule is Cc1ccnc(-c2ccc3c(c2)C2(c4ccccc4Sc4ccccc42)c2cc(-c4nc(-c5ccccc5)cc(-c5cccc(-c6ccccc6)c5)n4)ccc2-3)c1C. The maximum atomic E-state index is 5.38. The fourth-order valence-corrected chi connectivity index (χ4v) is 10.3. The van der Waals surface area contributed by atoms with Gasteiger partial charge in [0.25, 0.3) is 0 Å². The van der Waals surface area contributed by atoms with Crippen molar-refractivity contribution in [3.63, 3.8) is 0 Å². The molecule has 1 spiro atoms. The normalized spacial score (nSPS) is 13.1. The van der Waals surface area contributed by atoms with Crippen LogP contribution in [-0.2, 0) is 5.41 Å². The molecule has 2 aliphatic rings. The minimum atomic E-state index is -0.573. The first-order valence-electron chi connectivity index (χ1n) is 19.8. The predicted octanol–water partition coefficient (Wildman–Crippen LogP) is 13.7. The van der Waals surface area contributed by atoms with E-state index in [1.807, 2.05) is 24.0 Å². The van der Waals surface area contributed by atoms with Gasteiger partial charge in [0.15, 0.2) is 5.82 Å². The molecule has 0 N–H and O–H groups in total. The average Bonchev–Trinajstić information content (AvgIpc) is 3.57. The Morgan fingerprint density at radius 1 is 0.414 bits per heavy atom. The molecule has 274 valence electrons. The number of benzene rings is 7. The maximum Gasteiger partial charge on any atom is 0.160 e. The molecule has 0 atom stereocenters. The number of hydrogen-bond acceptors (Lipinski definition) is 4.